The monoisotopic (exact) mass is 288 g/mol. The lowest BCUT2D eigenvalue weighted by atomic mass is 9.78. The largest absolute Gasteiger partial charge is 0.345 e. The van der Waals surface area contributed by atoms with E-state index in [-0.39, 0.29) is 5.41 Å². The minimum Gasteiger partial charge on any atom is -0.345 e. The number of hydrogen-bond acceptors (Lipinski definition) is 4. The fourth-order valence-electron chi connectivity index (χ4n) is 3.67. The summed E-state index contributed by atoms with van der Waals surface area (Å²) in [6.45, 7) is 5.67. The zero-order chi connectivity index (χ0) is 14.9. The molecule has 3 heterocycles. The molecule has 1 aromatic rings. The van der Waals surface area contributed by atoms with Crippen LogP contribution in [0.3, 0.4) is 0 Å². The van der Waals surface area contributed by atoms with Gasteiger partial charge in [0.15, 0.2) is 0 Å². The van der Waals surface area contributed by atoms with E-state index in [9.17, 15) is 4.79 Å². The molecule has 5 heteroatoms. The second kappa shape index (κ2) is 5.72. The molecule has 0 radical (unpaired) electrons. The molecule has 0 N–H and O–H groups in total. The Morgan fingerprint density at radius 1 is 1.33 bits per heavy atom. The molecular weight excluding hydrogens is 264 g/mol. The third kappa shape index (κ3) is 2.79. The summed E-state index contributed by atoms with van der Waals surface area (Å²) in [5.41, 5.74) is 0.934. The summed E-state index contributed by atoms with van der Waals surface area (Å²) < 4.78 is 0. The van der Waals surface area contributed by atoms with Gasteiger partial charge in [0, 0.05) is 39.3 Å². The van der Waals surface area contributed by atoms with Crippen molar-refractivity contribution < 1.29 is 4.79 Å². The van der Waals surface area contributed by atoms with E-state index in [1.165, 1.54) is 0 Å². The van der Waals surface area contributed by atoms with Crippen LogP contribution in [-0.2, 0) is 17.8 Å². The lowest BCUT2D eigenvalue weighted by Gasteiger charge is -2.37. The molecule has 0 saturated carbocycles. The van der Waals surface area contributed by atoms with E-state index in [1.54, 1.807) is 0 Å². The summed E-state index contributed by atoms with van der Waals surface area (Å²) in [4.78, 5) is 25.6. The molecule has 2 fully saturated rings. The highest BCUT2D eigenvalue weighted by Crippen LogP contribution is 2.39. The molecule has 2 aliphatic rings. The number of amides is 1. The number of nitrogens with zero attached hydrogens (tertiary/aromatic N) is 4. The lowest BCUT2D eigenvalue weighted by Crippen LogP contribution is -2.48. The van der Waals surface area contributed by atoms with Crippen molar-refractivity contribution >= 4 is 5.91 Å². The number of aryl methyl sites for hydroxylation is 1. The van der Waals surface area contributed by atoms with Gasteiger partial charge in [-0.15, -0.1) is 0 Å². The number of hydrogen-bond donors (Lipinski definition) is 0. The van der Waals surface area contributed by atoms with Gasteiger partial charge in [-0.2, -0.15) is 0 Å². The fraction of sp³-hybridized carbons (Fsp3) is 0.688. The highest BCUT2D eigenvalue weighted by atomic mass is 16.2. The van der Waals surface area contributed by atoms with Gasteiger partial charge in [-0.1, -0.05) is 6.92 Å². The van der Waals surface area contributed by atoms with Gasteiger partial charge in [0.1, 0.15) is 5.82 Å². The quantitative estimate of drug-likeness (QED) is 0.845. The zero-order valence-corrected chi connectivity index (χ0v) is 13.0. The first kappa shape index (κ1) is 14.4. The summed E-state index contributed by atoms with van der Waals surface area (Å²) in [7, 11) is 1.93. The van der Waals surface area contributed by atoms with Crippen LogP contribution in [0.5, 0.6) is 0 Å². The van der Waals surface area contributed by atoms with Gasteiger partial charge in [0.25, 0.3) is 0 Å². The fourth-order valence-corrected chi connectivity index (χ4v) is 3.67. The van der Waals surface area contributed by atoms with Gasteiger partial charge in [-0.05, 0) is 31.9 Å². The predicted octanol–water partition coefficient (Wildman–Crippen LogP) is 1.48. The molecule has 1 atom stereocenters. The van der Waals surface area contributed by atoms with Crippen LogP contribution < -0.4 is 0 Å². The second-order valence-corrected chi connectivity index (χ2v) is 6.39. The summed E-state index contributed by atoms with van der Waals surface area (Å²) in [6.07, 6.45) is 5.86. The van der Waals surface area contributed by atoms with Crippen LogP contribution in [0.2, 0.25) is 0 Å². The van der Waals surface area contributed by atoms with Crippen LogP contribution in [0, 0.1) is 5.41 Å². The number of piperidine rings is 1. The molecule has 1 aromatic heterocycles. The lowest BCUT2D eigenvalue weighted by molar-refractivity contribution is -0.143. The van der Waals surface area contributed by atoms with E-state index in [0.29, 0.717) is 5.91 Å². The maximum atomic E-state index is 12.5. The third-order valence-electron chi connectivity index (χ3n) is 4.85. The summed E-state index contributed by atoms with van der Waals surface area (Å²) >= 11 is 0. The Balaban J connectivity index is 1.68. The summed E-state index contributed by atoms with van der Waals surface area (Å²) in [6, 6.07) is 1.99. The van der Waals surface area contributed by atoms with Crippen LogP contribution in [0.25, 0.3) is 0 Å². The van der Waals surface area contributed by atoms with E-state index >= 15 is 0 Å². The van der Waals surface area contributed by atoms with Crippen molar-refractivity contribution in [3.05, 3.63) is 23.8 Å². The molecule has 114 valence electrons. The first-order valence-corrected chi connectivity index (χ1v) is 7.92. The molecule has 2 saturated heterocycles. The molecule has 21 heavy (non-hydrogen) atoms. The third-order valence-corrected chi connectivity index (χ3v) is 4.85. The van der Waals surface area contributed by atoms with Crippen LogP contribution in [0.15, 0.2) is 12.3 Å². The Labute approximate surface area is 126 Å². The van der Waals surface area contributed by atoms with E-state index in [0.717, 1.165) is 63.4 Å². The molecule has 0 bridgehead atoms. The molecule has 1 spiro atoms. The Morgan fingerprint density at radius 3 is 3.00 bits per heavy atom. The molecule has 0 aromatic carbocycles. The zero-order valence-electron chi connectivity index (χ0n) is 13.0. The van der Waals surface area contributed by atoms with Crippen molar-refractivity contribution in [2.45, 2.75) is 39.2 Å². The highest BCUT2D eigenvalue weighted by Gasteiger charge is 2.47. The van der Waals surface area contributed by atoms with Gasteiger partial charge >= 0.3 is 0 Å². The molecule has 0 aliphatic carbocycles. The minimum absolute atomic E-state index is 0.131. The second-order valence-electron chi connectivity index (χ2n) is 6.39. The van der Waals surface area contributed by atoms with Crippen LogP contribution in [-0.4, -0.2) is 52.4 Å². The maximum absolute atomic E-state index is 12.5. The molecule has 2 aliphatic heterocycles. The van der Waals surface area contributed by atoms with E-state index in [2.05, 4.69) is 21.8 Å². The van der Waals surface area contributed by atoms with Gasteiger partial charge in [-0.25, -0.2) is 9.97 Å². The van der Waals surface area contributed by atoms with E-state index in [1.807, 2.05) is 24.2 Å². The molecule has 1 amide bonds. The molecular formula is C16H24N4O. The van der Waals surface area contributed by atoms with Gasteiger partial charge < -0.3 is 4.90 Å². The Hall–Kier alpha value is -1.49. The standard InChI is InChI=1S/C16H24N4O/c1-3-14-17-8-5-13(18-14)11-20-10-7-16(12-20)6-4-9-19(2)15(16)21/h5,8H,3-4,6-7,9-12H2,1-2H3/t16-/m0/s1. The van der Waals surface area contributed by atoms with Crippen LogP contribution in [0.1, 0.15) is 37.7 Å². The normalized spacial score (nSPS) is 26.8. The minimum atomic E-state index is -0.131. The highest BCUT2D eigenvalue weighted by molar-refractivity contribution is 5.83. The molecule has 3 rings (SSSR count). The maximum Gasteiger partial charge on any atom is 0.229 e. The number of carbonyl (C=O) groups excluding carboxylic acids is 1. The Morgan fingerprint density at radius 2 is 2.19 bits per heavy atom. The van der Waals surface area contributed by atoms with Gasteiger partial charge in [-0.3, -0.25) is 9.69 Å². The van der Waals surface area contributed by atoms with Gasteiger partial charge in [0.05, 0.1) is 11.1 Å². The summed E-state index contributed by atoms with van der Waals surface area (Å²) in [5, 5.41) is 0. The number of rotatable bonds is 3. The van der Waals surface area contributed by atoms with Gasteiger partial charge in [0.2, 0.25) is 5.91 Å². The smallest absolute Gasteiger partial charge is 0.229 e. The number of likely N-dealkylation sites (tertiary alicyclic amines) is 2. The Kier molecular flexibility index (Phi) is 3.93. The average Bonchev–Trinajstić information content (AvgIpc) is 2.89. The SMILES string of the molecule is CCc1nccc(CN2CC[C@@]3(CCCN(C)C3=O)C2)n1. The summed E-state index contributed by atoms with van der Waals surface area (Å²) in [5.74, 6) is 1.24. The Bertz CT molecular complexity index is 533. The van der Waals surface area contributed by atoms with Crippen LogP contribution >= 0.6 is 0 Å². The van der Waals surface area contributed by atoms with E-state index in [4.69, 9.17) is 0 Å². The first-order chi connectivity index (χ1) is 10.1. The van der Waals surface area contributed by atoms with Crippen molar-refractivity contribution in [1.29, 1.82) is 0 Å². The van der Waals surface area contributed by atoms with Crippen molar-refractivity contribution in [3.8, 4) is 0 Å². The topological polar surface area (TPSA) is 49.3 Å². The average molecular weight is 288 g/mol. The van der Waals surface area contributed by atoms with E-state index < -0.39 is 0 Å². The predicted molar refractivity (Wildman–Crippen MR) is 80.6 cm³/mol. The first-order valence-electron chi connectivity index (χ1n) is 7.92. The molecule has 5 nitrogen and oxygen atoms in total. The molecule has 0 unspecified atom stereocenters. The van der Waals surface area contributed by atoms with Crippen molar-refractivity contribution in [2.24, 2.45) is 5.41 Å². The van der Waals surface area contributed by atoms with Crippen LogP contribution in [0.4, 0.5) is 0 Å². The van der Waals surface area contributed by atoms with Crippen molar-refractivity contribution in [3.63, 3.8) is 0 Å². The van der Waals surface area contributed by atoms with Crippen molar-refractivity contribution in [2.75, 3.05) is 26.7 Å². The number of aromatic nitrogens is 2. The van der Waals surface area contributed by atoms with Crippen molar-refractivity contribution in [1.82, 2.24) is 19.8 Å². The number of carbonyl (C=O) groups is 1.